The Morgan fingerprint density at radius 3 is 1.05 bits per heavy atom. The number of pyridine rings is 2. The zero-order valence-electron chi connectivity index (χ0n) is 45.3. The molecule has 0 aliphatic heterocycles. The predicted octanol–water partition coefficient (Wildman–Crippen LogP) is 20.8. The van der Waals surface area contributed by atoms with E-state index in [0.717, 1.165) is 17.2 Å². The first kappa shape index (κ1) is 47.4. The fraction of sp³-hybridized carbons (Fsp3) is 0.0789. The van der Waals surface area contributed by atoms with Crippen molar-refractivity contribution in [1.29, 1.82) is 0 Å². The molecule has 0 fully saturated rings. The van der Waals surface area contributed by atoms with Crippen molar-refractivity contribution in [2.24, 2.45) is 0 Å². The van der Waals surface area contributed by atoms with Crippen LogP contribution < -0.4 is 0 Å². The Morgan fingerprint density at radius 2 is 0.630 bits per heavy atom. The van der Waals surface area contributed by atoms with Crippen LogP contribution in [0.5, 0.6) is 0 Å². The van der Waals surface area contributed by atoms with Crippen molar-refractivity contribution in [2.45, 2.75) is 38.5 Å². The van der Waals surface area contributed by atoms with Crippen LogP contribution in [0, 0.1) is 0 Å². The van der Waals surface area contributed by atoms with Crippen LogP contribution in [0.15, 0.2) is 243 Å². The van der Waals surface area contributed by atoms with Crippen molar-refractivity contribution in [3.63, 3.8) is 0 Å². The highest BCUT2D eigenvalue weighted by molar-refractivity contribution is 6.30. The molecule has 4 aromatic heterocycles. The summed E-state index contributed by atoms with van der Waals surface area (Å²) >= 11 is 6.26. The Hall–Kier alpha value is -9.61. The molecule has 0 unspecified atom stereocenters. The molecule has 0 spiro atoms. The summed E-state index contributed by atoms with van der Waals surface area (Å²) in [4.78, 5) is 13.5. The SMILES string of the molecule is CC1(C)c2cc3c4ccccc4c4ccccc4c3cc2-c2nc(-n3c4ccccc4c4ccccc43)ccc21.CC1(C)c2cc3c4ccccc4c4ccccc4c3cc2-c2nc(Cl)ccc21.c1ccc2c(c1)[nH]c1ccccc12. The number of halogens is 1. The number of benzene rings is 12. The molecule has 0 atom stereocenters. The van der Waals surface area contributed by atoms with Crippen molar-refractivity contribution in [3.05, 3.63) is 270 Å². The van der Waals surface area contributed by atoms with E-state index in [2.05, 4.69) is 274 Å². The topological polar surface area (TPSA) is 46.5 Å². The molecular formula is C76H53ClN4. The summed E-state index contributed by atoms with van der Waals surface area (Å²) in [6.07, 6.45) is 0. The number of nitrogens with one attached hydrogen (secondary N) is 1. The third-order valence-corrected chi connectivity index (χ3v) is 18.1. The highest BCUT2D eigenvalue weighted by Gasteiger charge is 2.39. The summed E-state index contributed by atoms with van der Waals surface area (Å²) in [5, 5.41) is 21.3. The van der Waals surface area contributed by atoms with Gasteiger partial charge in [0, 0.05) is 54.5 Å². The Morgan fingerprint density at radius 1 is 0.309 bits per heavy atom. The molecule has 2 aliphatic rings. The van der Waals surface area contributed by atoms with Crippen molar-refractivity contribution >= 4 is 120 Å². The van der Waals surface area contributed by atoms with E-state index in [0.29, 0.717) is 5.15 Å². The average molecular weight is 1060 g/mol. The lowest BCUT2D eigenvalue weighted by atomic mass is 9.81. The first-order valence-electron chi connectivity index (χ1n) is 28.0. The van der Waals surface area contributed by atoms with Crippen LogP contribution in [-0.2, 0) is 10.8 Å². The number of hydrogen-bond acceptors (Lipinski definition) is 2. The Balaban J connectivity index is 0.000000114. The number of para-hydroxylation sites is 4. The molecular weight excluding hydrogens is 1000 g/mol. The number of H-pyrrole nitrogens is 1. The number of aromatic nitrogens is 4. The molecule has 12 aromatic carbocycles. The third-order valence-electron chi connectivity index (χ3n) is 17.9. The maximum absolute atomic E-state index is 6.26. The average Bonchev–Trinajstić information content (AvgIpc) is 3.59. The van der Waals surface area contributed by atoms with Crippen LogP contribution in [0.2, 0.25) is 5.15 Å². The van der Waals surface area contributed by atoms with Crippen LogP contribution in [0.3, 0.4) is 0 Å². The minimum absolute atomic E-state index is 0.0941. The fourth-order valence-corrected chi connectivity index (χ4v) is 14.2. The largest absolute Gasteiger partial charge is 0.355 e. The van der Waals surface area contributed by atoms with Gasteiger partial charge in [0.25, 0.3) is 0 Å². The standard InChI is InChI=1S/C38H26N2.C26H18ClN.C12H9N/c1-38(2)32-19-20-36(40-34-17-9-7-15-27(34)28-16-8-10-18-35(28)40)39-37(32)31-21-29-25-13-5-3-11-23(25)24-12-4-6-14-26(24)30(29)22-33(31)38;1-26(2)22-11-12-24(27)28-25(22)21-13-19-17-9-5-3-7-15(17)16-8-4-6-10-18(16)20(19)14-23(21)26;1-3-7-11-9(5-1)10-6-2-4-8-12(10)13-11/h3-22H,1-2H3;3-14H,1-2H3;1-8,13H. The van der Waals surface area contributed by atoms with E-state index in [4.69, 9.17) is 21.6 Å². The molecule has 81 heavy (non-hydrogen) atoms. The predicted molar refractivity (Wildman–Crippen MR) is 344 cm³/mol. The Labute approximate surface area is 473 Å². The van der Waals surface area contributed by atoms with Crippen molar-refractivity contribution < 1.29 is 0 Å². The maximum Gasteiger partial charge on any atom is 0.138 e. The van der Waals surface area contributed by atoms with Crippen LogP contribution in [-0.4, -0.2) is 19.5 Å². The molecule has 1 N–H and O–H groups in total. The van der Waals surface area contributed by atoms with Gasteiger partial charge in [-0.05, 0) is 148 Å². The second-order valence-electron chi connectivity index (χ2n) is 23.0. The first-order valence-corrected chi connectivity index (χ1v) is 28.4. The summed E-state index contributed by atoms with van der Waals surface area (Å²) in [7, 11) is 0. The van der Waals surface area contributed by atoms with E-state index in [1.165, 1.54) is 142 Å². The fourth-order valence-electron chi connectivity index (χ4n) is 14.0. The highest BCUT2D eigenvalue weighted by Crippen LogP contribution is 2.53. The Bertz CT molecular complexity index is 5230. The van der Waals surface area contributed by atoms with Crippen molar-refractivity contribution in [3.8, 4) is 28.3 Å². The lowest BCUT2D eigenvalue weighted by molar-refractivity contribution is 0.659. The minimum atomic E-state index is -0.141. The quantitative estimate of drug-likeness (QED) is 0.132. The molecule has 0 saturated heterocycles. The van der Waals surface area contributed by atoms with E-state index < -0.39 is 0 Å². The second-order valence-corrected chi connectivity index (χ2v) is 23.4. The van der Waals surface area contributed by atoms with Gasteiger partial charge in [-0.25, -0.2) is 9.97 Å². The van der Waals surface area contributed by atoms with Gasteiger partial charge >= 0.3 is 0 Å². The van der Waals surface area contributed by atoms with Gasteiger partial charge in [-0.1, -0.05) is 221 Å². The second kappa shape index (κ2) is 17.7. The van der Waals surface area contributed by atoms with Crippen molar-refractivity contribution in [2.75, 3.05) is 0 Å². The van der Waals surface area contributed by atoms with Crippen LogP contribution in [0.1, 0.15) is 49.9 Å². The number of fused-ring (bicyclic) bond motifs is 24. The summed E-state index contributed by atoms with van der Waals surface area (Å²) in [5.41, 5.74) is 14.3. The monoisotopic (exact) mass is 1060 g/mol. The van der Waals surface area contributed by atoms with E-state index in [-0.39, 0.29) is 10.8 Å². The molecule has 4 nitrogen and oxygen atoms in total. The van der Waals surface area contributed by atoms with Crippen molar-refractivity contribution in [1.82, 2.24) is 19.5 Å². The van der Waals surface area contributed by atoms with Gasteiger partial charge in [-0.2, -0.15) is 0 Å². The van der Waals surface area contributed by atoms with E-state index in [1.54, 1.807) is 0 Å². The lowest BCUT2D eigenvalue weighted by Crippen LogP contribution is -2.15. The summed E-state index contributed by atoms with van der Waals surface area (Å²) < 4.78 is 2.32. The molecule has 0 radical (unpaired) electrons. The van der Waals surface area contributed by atoms with Gasteiger partial charge in [-0.15, -0.1) is 0 Å². The molecule has 5 heteroatoms. The number of aromatic amines is 1. The molecule has 0 saturated carbocycles. The molecule has 4 heterocycles. The van der Waals surface area contributed by atoms with Gasteiger partial charge < -0.3 is 4.98 Å². The van der Waals surface area contributed by atoms with Crippen LogP contribution in [0.4, 0.5) is 0 Å². The van der Waals surface area contributed by atoms with Gasteiger partial charge in [-0.3, -0.25) is 4.57 Å². The third kappa shape index (κ3) is 7.03. The first-order chi connectivity index (χ1) is 39.6. The number of rotatable bonds is 1. The summed E-state index contributed by atoms with van der Waals surface area (Å²) in [6.45, 7) is 9.24. The van der Waals surface area contributed by atoms with Gasteiger partial charge in [0.15, 0.2) is 0 Å². The van der Waals surface area contributed by atoms with Gasteiger partial charge in [0.1, 0.15) is 11.0 Å². The molecule has 0 amide bonds. The summed E-state index contributed by atoms with van der Waals surface area (Å²) in [5.74, 6) is 0.961. The molecule has 0 bridgehead atoms. The number of hydrogen-bond donors (Lipinski definition) is 1. The van der Waals surface area contributed by atoms with Crippen LogP contribution >= 0.6 is 11.6 Å². The van der Waals surface area contributed by atoms with E-state index >= 15 is 0 Å². The van der Waals surface area contributed by atoms with E-state index in [1.807, 2.05) is 6.07 Å². The Kier molecular flexibility index (Phi) is 10.4. The van der Waals surface area contributed by atoms with E-state index in [9.17, 15) is 0 Å². The van der Waals surface area contributed by atoms with Crippen LogP contribution in [0.25, 0.3) is 137 Å². The molecule has 384 valence electrons. The molecule has 16 aromatic rings. The summed E-state index contributed by atoms with van der Waals surface area (Å²) in [6, 6.07) is 87.2. The highest BCUT2D eigenvalue weighted by atomic mass is 35.5. The number of nitrogens with zero attached hydrogens (tertiary/aromatic N) is 3. The maximum atomic E-state index is 6.26. The molecule has 18 rings (SSSR count). The smallest absolute Gasteiger partial charge is 0.138 e. The molecule has 2 aliphatic carbocycles. The normalized spacial score (nSPS) is 13.7. The minimum Gasteiger partial charge on any atom is -0.355 e. The van der Waals surface area contributed by atoms with Gasteiger partial charge in [0.05, 0.1) is 22.4 Å². The zero-order chi connectivity index (χ0) is 54.3. The lowest BCUT2D eigenvalue weighted by Gasteiger charge is -2.22. The van der Waals surface area contributed by atoms with Gasteiger partial charge in [0.2, 0.25) is 0 Å². The zero-order valence-corrected chi connectivity index (χ0v) is 46.1.